The number of carbonyl (C=O) groups excluding carboxylic acids is 1. The number of rotatable bonds is 5. The van der Waals surface area contributed by atoms with E-state index in [4.69, 9.17) is 16.0 Å². The van der Waals surface area contributed by atoms with E-state index in [1.54, 1.807) is 12.1 Å². The molecule has 1 amide bonds. The van der Waals surface area contributed by atoms with Crippen LogP contribution in [-0.4, -0.2) is 41.7 Å². The molecule has 26 heavy (non-hydrogen) atoms. The van der Waals surface area contributed by atoms with E-state index in [9.17, 15) is 23.3 Å². The highest BCUT2D eigenvalue weighted by atomic mass is 35.5. The molecular weight excluding hydrogens is 384 g/mol. The molecule has 2 heterocycles. The zero-order valence-corrected chi connectivity index (χ0v) is 15.1. The third kappa shape index (κ3) is 3.88. The minimum atomic E-state index is -3.22. The van der Waals surface area contributed by atoms with Gasteiger partial charge in [-0.3, -0.25) is 14.9 Å². The van der Waals surface area contributed by atoms with Crippen molar-refractivity contribution in [3.05, 3.63) is 63.1 Å². The topological polar surface area (TPSA) is 111 Å². The second kappa shape index (κ2) is 7.08. The van der Waals surface area contributed by atoms with Gasteiger partial charge in [-0.2, -0.15) is 0 Å². The van der Waals surface area contributed by atoms with E-state index >= 15 is 0 Å². The molecule has 1 aliphatic rings. The van der Waals surface area contributed by atoms with Gasteiger partial charge >= 0.3 is 0 Å². The first-order chi connectivity index (χ1) is 12.3. The Kier molecular flexibility index (Phi) is 5.01. The smallest absolute Gasteiger partial charge is 0.288 e. The van der Waals surface area contributed by atoms with Gasteiger partial charge in [0.25, 0.3) is 11.6 Å². The van der Waals surface area contributed by atoms with E-state index in [2.05, 4.69) is 0 Å². The average molecular weight is 399 g/mol. The zero-order chi connectivity index (χ0) is 18.9. The number of nitro groups is 1. The minimum Gasteiger partial charge on any atom is -0.467 e. The number of furan rings is 1. The summed E-state index contributed by atoms with van der Waals surface area (Å²) in [5.41, 5.74) is -0.313. The van der Waals surface area contributed by atoms with Gasteiger partial charge < -0.3 is 9.32 Å². The number of hydrogen-bond acceptors (Lipinski definition) is 6. The summed E-state index contributed by atoms with van der Waals surface area (Å²) >= 11 is 5.79. The maximum atomic E-state index is 13.0. The van der Waals surface area contributed by atoms with Crippen LogP contribution in [0.3, 0.4) is 0 Å². The van der Waals surface area contributed by atoms with E-state index in [-0.39, 0.29) is 34.3 Å². The number of carbonyl (C=O) groups is 1. The van der Waals surface area contributed by atoms with Crippen LogP contribution in [0.5, 0.6) is 0 Å². The fraction of sp³-hybridized carbons (Fsp3) is 0.312. The fourth-order valence-corrected chi connectivity index (χ4v) is 4.83. The van der Waals surface area contributed by atoms with E-state index in [0.717, 1.165) is 6.07 Å². The van der Waals surface area contributed by atoms with Crippen molar-refractivity contribution in [3.63, 3.8) is 0 Å². The molecule has 1 atom stereocenters. The number of nitrogens with zero attached hydrogens (tertiary/aromatic N) is 2. The Morgan fingerprint density at radius 2 is 2.15 bits per heavy atom. The first-order valence-electron chi connectivity index (χ1n) is 7.74. The molecule has 1 aliphatic heterocycles. The Morgan fingerprint density at radius 3 is 2.73 bits per heavy atom. The average Bonchev–Trinajstić information content (AvgIpc) is 3.21. The summed E-state index contributed by atoms with van der Waals surface area (Å²) in [6.07, 6.45) is 1.76. The van der Waals surface area contributed by atoms with Crippen LogP contribution < -0.4 is 0 Å². The van der Waals surface area contributed by atoms with Crippen LogP contribution in [0.4, 0.5) is 5.69 Å². The second-order valence-corrected chi connectivity index (χ2v) is 8.63. The Hall–Kier alpha value is -2.39. The standard InChI is InChI=1S/C16H15ClN2O6S/c17-14-4-3-11(8-15(14)19(21)22)16(20)18(9-13-2-1-6-25-13)12-5-7-26(23,24)10-12/h1-4,6,8,12H,5,7,9-10H2/t12-/m0/s1. The van der Waals surface area contributed by atoms with Gasteiger partial charge in [0, 0.05) is 17.7 Å². The predicted octanol–water partition coefficient (Wildman–Crippen LogP) is 2.67. The van der Waals surface area contributed by atoms with Gasteiger partial charge in [-0.1, -0.05) is 11.6 Å². The third-order valence-electron chi connectivity index (χ3n) is 4.21. The Bertz CT molecular complexity index is 942. The highest BCUT2D eigenvalue weighted by molar-refractivity contribution is 7.91. The Labute approximate surface area is 154 Å². The molecule has 3 rings (SSSR count). The summed E-state index contributed by atoms with van der Waals surface area (Å²) in [7, 11) is -3.22. The van der Waals surface area contributed by atoms with Crippen LogP contribution in [0.25, 0.3) is 0 Å². The number of halogens is 1. The number of amides is 1. The summed E-state index contributed by atoms with van der Waals surface area (Å²) < 4.78 is 28.9. The lowest BCUT2D eigenvalue weighted by molar-refractivity contribution is -0.384. The largest absolute Gasteiger partial charge is 0.467 e. The van der Waals surface area contributed by atoms with Crippen LogP contribution in [0, 0.1) is 10.1 Å². The number of benzene rings is 1. The third-order valence-corrected chi connectivity index (χ3v) is 6.28. The fourth-order valence-electron chi connectivity index (χ4n) is 2.91. The molecule has 10 heteroatoms. The molecule has 0 aliphatic carbocycles. The quantitative estimate of drug-likeness (QED) is 0.565. The SMILES string of the molecule is O=C(c1ccc(Cl)c([N+](=O)[O-])c1)N(Cc1ccco1)[C@H]1CCS(=O)(=O)C1. The van der Waals surface area contributed by atoms with Crippen LogP contribution in [0.2, 0.25) is 5.02 Å². The minimum absolute atomic E-state index is 0.000364. The normalized spacial score (nSPS) is 18.6. The molecule has 138 valence electrons. The van der Waals surface area contributed by atoms with Crippen LogP contribution in [0.1, 0.15) is 22.5 Å². The monoisotopic (exact) mass is 398 g/mol. The van der Waals surface area contributed by atoms with E-state index in [0.29, 0.717) is 12.2 Å². The van der Waals surface area contributed by atoms with Crippen LogP contribution in [-0.2, 0) is 16.4 Å². The van der Waals surface area contributed by atoms with Crippen molar-refractivity contribution in [2.45, 2.75) is 19.0 Å². The van der Waals surface area contributed by atoms with Crippen LogP contribution in [0.15, 0.2) is 41.0 Å². The molecular formula is C16H15ClN2O6S. The van der Waals surface area contributed by atoms with Crippen molar-refractivity contribution in [3.8, 4) is 0 Å². The van der Waals surface area contributed by atoms with Crippen molar-refractivity contribution in [2.24, 2.45) is 0 Å². The summed E-state index contributed by atoms with van der Waals surface area (Å²) in [6, 6.07) is 6.58. The molecule has 0 saturated carbocycles. The van der Waals surface area contributed by atoms with E-state index in [1.807, 2.05) is 0 Å². The maximum Gasteiger partial charge on any atom is 0.288 e. The number of nitro benzene ring substituents is 1. The highest BCUT2D eigenvalue weighted by Crippen LogP contribution is 2.28. The van der Waals surface area contributed by atoms with Crippen molar-refractivity contribution in [2.75, 3.05) is 11.5 Å². The molecule has 0 bridgehead atoms. The summed E-state index contributed by atoms with van der Waals surface area (Å²) in [6.45, 7) is 0.0719. The van der Waals surface area contributed by atoms with Gasteiger partial charge in [0.05, 0.1) is 29.2 Å². The summed E-state index contributed by atoms with van der Waals surface area (Å²) in [4.78, 5) is 24.8. The molecule has 1 aromatic heterocycles. The van der Waals surface area contributed by atoms with Crippen molar-refractivity contribution in [1.82, 2.24) is 4.90 Å². The molecule has 1 fully saturated rings. The molecule has 0 radical (unpaired) electrons. The Morgan fingerprint density at radius 1 is 1.38 bits per heavy atom. The molecule has 8 nitrogen and oxygen atoms in total. The summed E-state index contributed by atoms with van der Waals surface area (Å²) in [5.74, 6) is -0.162. The lowest BCUT2D eigenvalue weighted by atomic mass is 10.1. The lowest BCUT2D eigenvalue weighted by Gasteiger charge is -2.27. The van der Waals surface area contributed by atoms with Gasteiger partial charge in [-0.25, -0.2) is 8.42 Å². The van der Waals surface area contributed by atoms with Gasteiger partial charge in [0.1, 0.15) is 10.8 Å². The number of sulfone groups is 1. The molecule has 0 N–H and O–H groups in total. The van der Waals surface area contributed by atoms with E-state index in [1.165, 1.54) is 23.3 Å². The Balaban J connectivity index is 1.94. The first-order valence-corrected chi connectivity index (χ1v) is 9.94. The predicted molar refractivity (Wildman–Crippen MR) is 93.7 cm³/mol. The zero-order valence-electron chi connectivity index (χ0n) is 13.5. The number of hydrogen-bond donors (Lipinski definition) is 0. The molecule has 2 aromatic rings. The van der Waals surface area contributed by atoms with Crippen molar-refractivity contribution >= 4 is 33.0 Å². The first kappa shape index (κ1) is 18.4. The lowest BCUT2D eigenvalue weighted by Crippen LogP contribution is -2.40. The van der Waals surface area contributed by atoms with Crippen LogP contribution >= 0.6 is 11.6 Å². The molecule has 0 unspecified atom stereocenters. The van der Waals surface area contributed by atoms with E-state index < -0.39 is 26.7 Å². The van der Waals surface area contributed by atoms with Gasteiger partial charge in [-0.15, -0.1) is 0 Å². The highest BCUT2D eigenvalue weighted by Gasteiger charge is 2.36. The molecule has 0 spiro atoms. The van der Waals surface area contributed by atoms with Gasteiger partial charge in [-0.05, 0) is 30.7 Å². The van der Waals surface area contributed by atoms with Gasteiger partial charge in [0.2, 0.25) is 0 Å². The van der Waals surface area contributed by atoms with Gasteiger partial charge in [0.15, 0.2) is 9.84 Å². The molecule has 1 aromatic carbocycles. The van der Waals surface area contributed by atoms with Crippen molar-refractivity contribution in [1.29, 1.82) is 0 Å². The molecule has 1 saturated heterocycles. The second-order valence-electron chi connectivity index (χ2n) is 5.99. The maximum absolute atomic E-state index is 13.0. The van der Waals surface area contributed by atoms with Crippen molar-refractivity contribution < 1.29 is 22.6 Å². The summed E-state index contributed by atoms with van der Waals surface area (Å²) in [5, 5.41) is 11.0.